The van der Waals surface area contributed by atoms with Gasteiger partial charge in [-0.1, -0.05) is 45.0 Å². The number of ketones is 1. The number of anilines is 1. The van der Waals surface area contributed by atoms with Gasteiger partial charge in [-0.15, -0.1) is 0 Å². The molecule has 0 spiro atoms. The molecule has 1 N–H and O–H groups in total. The molecular weight excluding hydrogens is 498 g/mol. The van der Waals surface area contributed by atoms with Crippen molar-refractivity contribution < 1.29 is 33.7 Å². The highest BCUT2D eigenvalue weighted by atomic mass is 16.5. The molecule has 0 aromatic heterocycles. The first-order valence-electron chi connectivity index (χ1n) is 12.4. The van der Waals surface area contributed by atoms with Crippen molar-refractivity contribution in [3.05, 3.63) is 89.0 Å². The second kappa shape index (κ2) is 10.6. The van der Waals surface area contributed by atoms with Crippen molar-refractivity contribution in [1.29, 1.82) is 0 Å². The molecule has 1 heterocycles. The third-order valence-corrected chi connectivity index (χ3v) is 6.55. The number of amides is 1. The molecule has 1 saturated heterocycles. The number of ether oxygens (including phenoxy) is 3. The summed E-state index contributed by atoms with van der Waals surface area (Å²) in [5, 5.41) is 11.7. The normalized spacial score (nSPS) is 16.8. The molecule has 0 aliphatic carbocycles. The Labute approximate surface area is 227 Å². The summed E-state index contributed by atoms with van der Waals surface area (Å²) in [6, 6.07) is 17.6. The van der Waals surface area contributed by atoms with E-state index in [1.54, 1.807) is 60.7 Å². The number of rotatable bonds is 6. The lowest BCUT2D eigenvalue weighted by atomic mass is 9.85. The molecule has 0 radical (unpaired) electrons. The van der Waals surface area contributed by atoms with Gasteiger partial charge in [-0.05, 0) is 52.9 Å². The van der Waals surface area contributed by atoms with Crippen molar-refractivity contribution >= 4 is 29.1 Å². The Morgan fingerprint density at radius 3 is 2.18 bits per heavy atom. The summed E-state index contributed by atoms with van der Waals surface area (Å²) in [6.07, 6.45) is 0. The first kappa shape index (κ1) is 27.4. The Kier molecular flexibility index (Phi) is 7.49. The number of hydrogen-bond acceptors (Lipinski definition) is 7. The van der Waals surface area contributed by atoms with Crippen LogP contribution in [-0.4, -0.2) is 37.0 Å². The maximum Gasteiger partial charge on any atom is 0.308 e. The van der Waals surface area contributed by atoms with Gasteiger partial charge in [0.2, 0.25) is 0 Å². The van der Waals surface area contributed by atoms with E-state index in [4.69, 9.17) is 14.2 Å². The van der Waals surface area contributed by atoms with E-state index in [0.717, 1.165) is 5.56 Å². The minimum absolute atomic E-state index is 0.0904. The number of aliphatic hydroxyl groups is 1. The van der Waals surface area contributed by atoms with Crippen LogP contribution < -0.4 is 19.1 Å². The SMILES string of the molecule is COc1cccc(N2C(=O)C(=O)/C(=C(/O)c3cc(C(C)(C)C)ccc3OC)C2c2ccc(OC(C)=O)cc2)c1. The predicted molar refractivity (Wildman–Crippen MR) is 147 cm³/mol. The Hall–Kier alpha value is -4.59. The third kappa shape index (κ3) is 5.36. The van der Waals surface area contributed by atoms with Crippen LogP contribution >= 0.6 is 0 Å². The number of carbonyl (C=O) groups is 3. The molecule has 202 valence electrons. The number of benzene rings is 3. The Bertz CT molecular complexity index is 1460. The minimum atomic E-state index is -0.980. The van der Waals surface area contributed by atoms with E-state index in [0.29, 0.717) is 34.1 Å². The highest BCUT2D eigenvalue weighted by Crippen LogP contribution is 2.44. The van der Waals surface area contributed by atoms with E-state index in [2.05, 4.69) is 0 Å². The summed E-state index contributed by atoms with van der Waals surface area (Å²) >= 11 is 0. The van der Waals surface area contributed by atoms with Crippen molar-refractivity contribution in [1.82, 2.24) is 0 Å². The van der Waals surface area contributed by atoms with Crippen LogP contribution in [0.25, 0.3) is 5.76 Å². The molecule has 1 fully saturated rings. The molecule has 8 heteroatoms. The number of hydrogen-bond donors (Lipinski definition) is 1. The quantitative estimate of drug-likeness (QED) is 0.147. The van der Waals surface area contributed by atoms with E-state index >= 15 is 0 Å². The van der Waals surface area contributed by atoms with Crippen LogP contribution in [0.5, 0.6) is 17.2 Å². The van der Waals surface area contributed by atoms with Crippen LogP contribution in [-0.2, 0) is 19.8 Å². The average molecular weight is 530 g/mol. The predicted octanol–water partition coefficient (Wildman–Crippen LogP) is 5.55. The lowest BCUT2D eigenvalue weighted by molar-refractivity contribution is -0.132. The van der Waals surface area contributed by atoms with Crippen LogP contribution in [0.4, 0.5) is 5.69 Å². The molecule has 39 heavy (non-hydrogen) atoms. The molecule has 1 aliphatic rings. The van der Waals surface area contributed by atoms with Gasteiger partial charge in [0.05, 0.1) is 31.4 Å². The number of Topliss-reactive ketones (excluding diaryl/α,β-unsaturated/α-hetero) is 1. The van der Waals surface area contributed by atoms with Gasteiger partial charge in [-0.3, -0.25) is 19.3 Å². The Balaban J connectivity index is 1.97. The fraction of sp³-hybridized carbons (Fsp3) is 0.258. The molecule has 0 saturated carbocycles. The standard InChI is InChI=1S/C31H31NO7/c1-18(33)39-22-13-10-19(11-14-22)27-26(28(34)24-16-20(31(2,3)4)12-15-25(24)38-6)29(35)30(36)32(27)21-8-7-9-23(17-21)37-5/h7-17,27,34H,1-6H3/b28-26+. The second-order valence-corrected chi connectivity index (χ2v) is 10.2. The van der Waals surface area contributed by atoms with Crippen molar-refractivity contribution in [3.63, 3.8) is 0 Å². The van der Waals surface area contributed by atoms with Gasteiger partial charge >= 0.3 is 5.97 Å². The fourth-order valence-corrected chi connectivity index (χ4v) is 4.56. The molecule has 1 atom stereocenters. The van der Waals surface area contributed by atoms with Crippen molar-refractivity contribution in [3.8, 4) is 17.2 Å². The molecular formula is C31H31NO7. The van der Waals surface area contributed by atoms with Gasteiger partial charge in [-0.25, -0.2) is 0 Å². The number of aliphatic hydroxyl groups excluding tert-OH is 1. The maximum atomic E-state index is 13.6. The summed E-state index contributed by atoms with van der Waals surface area (Å²) in [5.41, 5.74) is 1.82. The minimum Gasteiger partial charge on any atom is -0.507 e. The van der Waals surface area contributed by atoms with E-state index in [-0.39, 0.29) is 16.7 Å². The summed E-state index contributed by atoms with van der Waals surface area (Å²) in [5.74, 6) is -1.30. The fourth-order valence-electron chi connectivity index (χ4n) is 4.56. The first-order valence-corrected chi connectivity index (χ1v) is 12.4. The summed E-state index contributed by atoms with van der Waals surface area (Å²) in [7, 11) is 2.98. The molecule has 4 rings (SSSR count). The highest BCUT2D eigenvalue weighted by molar-refractivity contribution is 6.51. The average Bonchev–Trinajstić information content (AvgIpc) is 3.17. The second-order valence-electron chi connectivity index (χ2n) is 10.2. The van der Waals surface area contributed by atoms with Gasteiger partial charge in [-0.2, -0.15) is 0 Å². The van der Waals surface area contributed by atoms with Crippen LogP contribution in [0.15, 0.2) is 72.3 Å². The number of nitrogens with zero attached hydrogens (tertiary/aromatic N) is 1. The first-order chi connectivity index (χ1) is 18.5. The van der Waals surface area contributed by atoms with E-state index in [9.17, 15) is 19.5 Å². The Morgan fingerprint density at radius 1 is 0.897 bits per heavy atom. The molecule has 1 unspecified atom stereocenters. The van der Waals surface area contributed by atoms with Crippen LogP contribution in [0, 0.1) is 0 Å². The monoisotopic (exact) mass is 529 g/mol. The molecule has 8 nitrogen and oxygen atoms in total. The van der Waals surface area contributed by atoms with E-state index in [1.165, 1.54) is 26.0 Å². The summed E-state index contributed by atoms with van der Waals surface area (Å²) < 4.78 is 16.0. The molecule has 1 amide bonds. The largest absolute Gasteiger partial charge is 0.507 e. The van der Waals surface area contributed by atoms with Crippen LogP contribution in [0.3, 0.4) is 0 Å². The highest BCUT2D eigenvalue weighted by Gasteiger charge is 2.47. The number of methoxy groups -OCH3 is 2. The smallest absolute Gasteiger partial charge is 0.308 e. The molecule has 3 aromatic rings. The van der Waals surface area contributed by atoms with Gasteiger partial charge in [0.25, 0.3) is 11.7 Å². The zero-order valence-corrected chi connectivity index (χ0v) is 22.8. The zero-order valence-electron chi connectivity index (χ0n) is 22.8. The summed E-state index contributed by atoms with van der Waals surface area (Å²) in [6.45, 7) is 7.39. The Morgan fingerprint density at radius 2 is 1.59 bits per heavy atom. The van der Waals surface area contributed by atoms with Gasteiger partial charge in [0.1, 0.15) is 23.0 Å². The van der Waals surface area contributed by atoms with Crippen LogP contribution in [0.1, 0.15) is 50.4 Å². The number of carbonyl (C=O) groups excluding carboxylic acids is 3. The zero-order chi connectivity index (χ0) is 28.5. The lowest BCUT2D eigenvalue weighted by Gasteiger charge is -2.26. The lowest BCUT2D eigenvalue weighted by Crippen LogP contribution is -2.29. The molecule has 0 bridgehead atoms. The van der Waals surface area contributed by atoms with E-state index < -0.39 is 23.7 Å². The van der Waals surface area contributed by atoms with Crippen molar-refractivity contribution in [2.24, 2.45) is 0 Å². The van der Waals surface area contributed by atoms with Gasteiger partial charge in [0.15, 0.2) is 0 Å². The van der Waals surface area contributed by atoms with Gasteiger partial charge < -0.3 is 19.3 Å². The maximum absolute atomic E-state index is 13.6. The number of esters is 1. The molecule has 1 aliphatic heterocycles. The van der Waals surface area contributed by atoms with Crippen LogP contribution in [0.2, 0.25) is 0 Å². The topological polar surface area (TPSA) is 102 Å². The van der Waals surface area contributed by atoms with Gasteiger partial charge in [0, 0.05) is 18.7 Å². The third-order valence-electron chi connectivity index (χ3n) is 6.55. The molecule has 3 aromatic carbocycles. The van der Waals surface area contributed by atoms with Crippen molar-refractivity contribution in [2.75, 3.05) is 19.1 Å². The van der Waals surface area contributed by atoms with Crippen molar-refractivity contribution in [2.45, 2.75) is 39.2 Å². The van der Waals surface area contributed by atoms with E-state index in [1.807, 2.05) is 26.8 Å². The summed E-state index contributed by atoms with van der Waals surface area (Å²) in [4.78, 5) is 39.8.